The highest BCUT2D eigenvalue weighted by Crippen LogP contribution is 2.16. The van der Waals surface area contributed by atoms with E-state index >= 15 is 0 Å². The molecule has 0 aliphatic carbocycles. The van der Waals surface area contributed by atoms with E-state index in [1.54, 1.807) is 24.3 Å². The van der Waals surface area contributed by atoms with Gasteiger partial charge in [0.2, 0.25) is 11.8 Å². The minimum Gasteiger partial charge on any atom is -0.494 e. The van der Waals surface area contributed by atoms with Gasteiger partial charge >= 0.3 is 0 Å². The number of anilines is 1. The summed E-state index contributed by atoms with van der Waals surface area (Å²) in [7, 11) is 0. The second-order valence-corrected chi connectivity index (χ2v) is 4.66. The van der Waals surface area contributed by atoms with Crippen molar-refractivity contribution in [1.82, 2.24) is 5.32 Å². The number of thiol groups is 1. The molecule has 0 aliphatic heterocycles. The predicted molar refractivity (Wildman–Crippen MR) is 82.3 cm³/mol. The molecule has 2 amide bonds. The number of nitrogens with one attached hydrogen (secondary N) is 2. The van der Waals surface area contributed by atoms with E-state index in [0.717, 1.165) is 12.2 Å². The molecule has 2 N–H and O–H groups in total. The third-order valence-corrected chi connectivity index (χ3v) is 2.84. The van der Waals surface area contributed by atoms with Crippen molar-refractivity contribution in [3.05, 3.63) is 24.3 Å². The lowest BCUT2D eigenvalue weighted by Gasteiger charge is -2.15. The molecular weight excluding hydrogens is 276 g/mol. The lowest BCUT2D eigenvalue weighted by molar-refractivity contribution is -0.124. The van der Waals surface area contributed by atoms with Crippen LogP contribution in [0.1, 0.15) is 20.3 Å². The van der Waals surface area contributed by atoms with Crippen LogP contribution in [0.2, 0.25) is 0 Å². The van der Waals surface area contributed by atoms with E-state index in [1.807, 2.05) is 6.92 Å². The second kappa shape index (κ2) is 8.47. The van der Waals surface area contributed by atoms with Gasteiger partial charge in [0.05, 0.1) is 6.61 Å². The summed E-state index contributed by atoms with van der Waals surface area (Å²) in [5, 5.41) is 5.26. The van der Waals surface area contributed by atoms with E-state index in [0.29, 0.717) is 12.3 Å². The van der Waals surface area contributed by atoms with Gasteiger partial charge in [0.15, 0.2) is 0 Å². The van der Waals surface area contributed by atoms with Crippen molar-refractivity contribution in [2.24, 2.45) is 0 Å². The topological polar surface area (TPSA) is 67.4 Å². The summed E-state index contributed by atoms with van der Waals surface area (Å²) in [6.07, 6.45) is 0.943. The Hall–Kier alpha value is -1.69. The van der Waals surface area contributed by atoms with Gasteiger partial charge in [-0.1, -0.05) is 6.92 Å². The second-order valence-electron chi connectivity index (χ2n) is 4.30. The maximum atomic E-state index is 11.9. The fourth-order valence-electron chi connectivity index (χ4n) is 1.52. The van der Waals surface area contributed by atoms with Gasteiger partial charge in [-0.15, -0.1) is 0 Å². The SMILES string of the molecule is CCCOc1ccc(NC(=O)C(CS)NC(C)=O)cc1. The smallest absolute Gasteiger partial charge is 0.247 e. The highest BCUT2D eigenvalue weighted by atomic mass is 32.1. The van der Waals surface area contributed by atoms with Crippen LogP contribution in [0, 0.1) is 0 Å². The highest BCUT2D eigenvalue weighted by molar-refractivity contribution is 7.80. The molecule has 110 valence electrons. The molecule has 0 radical (unpaired) electrons. The summed E-state index contributed by atoms with van der Waals surface area (Å²) in [5.41, 5.74) is 0.649. The molecule has 1 rings (SSSR count). The van der Waals surface area contributed by atoms with Crippen LogP contribution in [0.15, 0.2) is 24.3 Å². The van der Waals surface area contributed by atoms with E-state index in [1.165, 1.54) is 6.92 Å². The maximum absolute atomic E-state index is 11.9. The number of benzene rings is 1. The molecule has 0 heterocycles. The fourth-order valence-corrected chi connectivity index (χ4v) is 1.78. The summed E-state index contributed by atoms with van der Waals surface area (Å²) in [6, 6.07) is 6.45. The Morgan fingerprint density at radius 2 is 1.95 bits per heavy atom. The number of rotatable bonds is 7. The number of carbonyl (C=O) groups excluding carboxylic acids is 2. The first kappa shape index (κ1) is 16.4. The van der Waals surface area contributed by atoms with Crippen LogP contribution in [0.4, 0.5) is 5.69 Å². The summed E-state index contributed by atoms with van der Waals surface area (Å²) in [6.45, 7) is 4.06. The van der Waals surface area contributed by atoms with Crippen LogP contribution in [0.25, 0.3) is 0 Å². The normalized spacial score (nSPS) is 11.6. The molecule has 0 aliphatic rings. The Morgan fingerprint density at radius 1 is 1.30 bits per heavy atom. The molecule has 20 heavy (non-hydrogen) atoms. The molecule has 1 aromatic rings. The first-order chi connectivity index (χ1) is 9.56. The van der Waals surface area contributed by atoms with Crippen LogP contribution in [-0.2, 0) is 9.59 Å². The number of ether oxygens (including phenoxy) is 1. The summed E-state index contributed by atoms with van der Waals surface area (Å²) in [4.78, 5) is 22.9. The lowest BCUT2D eigenvalue weighted by Crippen LogP contribution is -2.44. The number of carbonyl (C=O) groups is 2. The molecule has 0 bridgehead atoms. The monoisotopic (exact) mass is 296 g/mol. The van der Waals surface area contributed by atoms with E-state index in [4.69, 9.17) is 4.74 Å². The van der Waals surface area contributed by atoms with Crippen molar-refractivity contribution in [3.8, 4) is 5.75 Å². The average molecular weight is 296 g/mol. The van der Waals surface area contributed by atoms with Gasteiger partial charge in [0.25, 0.3) is 0 Å². The van der Waals surface area contributed by atoms with Crippen LogP contribution >= 0.6 is 12.6 Å². The molecule has 0 saturated carbocycles. The van der Waals surface area contributed by atoms with Crippen LogP contribution in [0.5, 0.6) is 5.75 Å². The molecule has 0 spiro atoms. The molecule has 5 nitrogen and oxygen atoms in total. The van der Waals surface area contributed by atoms with Gasteiger partial charge < -0.3 is 15.4 Å². The molecule has 1 unspecified atom stereocenters. The van der Waals surface area contributed by atoms with Crippen LogP contribution in [-0.4, -0.2) is 30.2 Å². The maximum Gasteiger partial charge on any atom is 0.247 e. The zero-order valence-corrected chi connectivity index (χ0v) is 12.6. The Bertz CT molecular complexity index is 448. The van der Waals surface area contributed by atoms with Gasteiger partial charge in [0.1, 0.15) is 11.8 Å². The van der Waals surface area contributed by atoms with E-state index in [2.05, 4.69) is 23.3 Å². The summed E-state index contributed by atoms with van der Waals surface area (Å²) < 4.78 is 5.45. The van der Waals surface area contributed by atoms with Crippen molar-refractivity contribution in [1.29, 1.82) is 0 Å². The van der Waals surface area contributed by atoms with E-state index in [-0.39, 0.29) is 17.6 Å². The highest BCUT2D eigenvalue weighted by Gasteiger charge is 2.17. The van der Waals surface area contributed by atoms with Gasteiger partial charge in [-0.2, -0.15) is 12.6 Å². The third kappa shape index (κ3) is 5.52. The zero-order valence-electron chi connectivity index (χ0n) is 11.7. The largest absolute Gasteiger partial charge is 0.494 e. The molecule has 1 aromatic carbocycles. The van der Waals surface area contributed by atoms with Gasteiger partial charge in [0, 0.05) is 18.4 Å². The number of amides is 2. The lowest BCUT2D eigenvalue weighted by atomic mass is 10.2. The summed E-state index contributed by atoms with van der Waals surface area (Å²) >= 11 is 4.06. The first-order valence-corrected chi connectivity index (χ1v) is 7.11. The number of hydrogen-bond acceptors (Lipinski definition) is 4. The van der Waals surface area contributed by atoms with Crippen molar-refractivity contribution < 1.29 is 14.3 Å². The zero-order chi connectivity index (χ0) is 15.0. The predicted octanol–water partition coefficient (Wildman–Crippen LogP) is 1.85. The van der Waals surface area contributed by atoms with Gasteiger partial charge in [-0.3, -0.25) is 9.59 Å². The van der Waals surface area contributed by atoms with Crippen LogP contribution in [0.3, 0.4) is 0 Å². The molecule has 1 atom stereocenters. The Morgan fingerprint density at radius 3 is 2.45 bits per heavy atom. The minimum absolute atomic E-state index is 0.239. The Labute approximate surface area is 124 Å². The summed E-state index contributed by atoms with van der Waals surface area (Å²) in [5.74, 6) is 0.445. The Kier molecular flexibility index (Phi) is 6.93. The molecule has 6 heteroatoms. The molecule has 0 fully saturated rings. The van der Waals surface area contributed by atoms with E-state index < -0.39 is 6.04 Å². The van der Waals surface area contributed by atoms with Gasteiger partial charge in [-0.05, 0) is 30.7 Å². The molecular formula is C14H20N2O3S. The quantitative estimate of drug-likeness (QED) is 0.673. The average Bonchev–Trinajstić information content (AvgIpc) is 2.43. The van der Waals surface area contributed by atoms with Crippen molar-refractivity contribution in [2.45, 2.75) is 26.3 Å². The standard InChI is InChI=1S/C14H20N2O3S/c1-3-8-19-12-6-4-11(5-7-12)16-14(18)13(9-20)15-10(2)17/h4-7,13,20H,3,8-9H2,1-2H3,(H,15,17)(H,16,18). The number of hydrogen-bond donors (Lipinski definition) is 3. The van der Waals surface area contributed by atoms with Gasteiger partial charge in [-0.25, -0.2) is 0 Å². The fraction of sp³-hybridized carbons (Fsp3) is 0.429. The Balaban J connectivity index is 2.58. The van der Waals surface area contributed by atoms with Crippen molar-refractivity contribution >= 4 is 30.1 Å². The minimum atomic E-state index is -0.646. The van der Waals surface area contributed by atoms with Crippen molar-refractivity contribution in [2.75, 3.05) is 17.7 Å². The third-order valence-electron chi connectivity index (χ3n) is 2.47. The first-order valence-electron chi connectivity index (χ1n) is 6.48. The molecule has 0 saturated heterocycles. The molecule has 0 aromatic heterocycles. The van der Waals surface area contributed by atoms with E-state index in [9.17, 15) is 9.59 Å². The van der Waals surface area contributed by atoms with Crippen LogP contribution < -0.4 is 15.4 Å². The van der Waals surface area contributed by atoms with Crippen molar-refractivity contribution in [3.63, 3.8) is 0 Å².